The molecule has 3 aliphatic heterocycles. The molecule has 3 heterocycles. The Morgan fingerprint density at radius 1 is 1.21 bits per heavy atom. The quantitative estimate of drug-likeness (QED) is 0.299. The van der Waals surface area contributed by atoms with Crippen LogP contribution in [-0.4, -0.2) is 63.2 Å². The molecule has 0 bridgehead atoms. The number of rotatable bonds is 0. The van der Waals surface area contributed by atoms with E-state index in [1.54, 1.807) is 0 Å². The number of ether oxygens (including phenoxy) is 3. The molecule has 3 fully saturated rings. The van der Waals surface area contributed by atoms with Crippen LogP contribution in [0.25, 0.3) is 0 Å². The third kappa shape index (κ3) is 11.9. The van der Waals surface area contributed by atoms with E-state index in [4.69, 9.17) is 14.2 Å². The summed E-state index contributed by atoms with van der Waals surface area (Å²) in [6.07, 6.45) is 8.52. The Morgan fingerprint density at radius 2 is 1.79 bits per heavy atom. The third-order valence-corrected chi connectivity index (χ3v) is 2.41. The SMILES string of the molecule is C1CC2(CO1)CO2.CS(C)(C)I.O=C1CCOC1.[H-].[Na+]. The molecule has 0 amide bonds. The molecule has 0 aromatic rings. The maximum Gasteiger partial charge on any atom is 1.00 e. The van der Waals surface area contributed by atoms with E-state index in [9.17, 15) is 4.79 Å². The van der Waals surface area contributed by atoms with E-state index < -0.39 is 0 Å². The number of Topliss-reactive ketones (excluding diaryl/α,β-unsaturated/α-hetero) is 1. The van der Waals surface area contributed by atoms with Gasteiger partial charge in [-0.15, -0.1) is 0 Å². The molecule has 19 heavy (non-hydrogen) atoms. The molecule has 1 spiro atoms. The summed E-state index contributed by atoms with van der Waals surface area (Å²) in [7, 11) is -0.197. The smallest absolute Gasteiger partial charge is 1.00 e. The Hall–Kier alpha value is 1.63. The number of carbonyl (C=O) groups excluding carboxylic acids is 1. The van der Waals surface area contributed by atoms with Gasteiger partial charge >= 0.3 is 29.6 Å². The van der Waals surface area contributed by atoms with E-state index in [2.05, 4.69) is 40.0 Å². The molecule has 0 aromatic carbocycles. The fourth-order valence-electron chi connectivity index (χ4n) is 1.36. The molecule has 3 saturated heterocycles. The molecule has 3 rings (SSSR count). The van der Waals surface area contributed by atoms with E-state index in [0.29, 0.717) is 19.6 Å². The van der Waals surface area contributed by atoms with Crippen LogP contribution in [0, 0.1) is 0 Å². The minimum atomic E-state index is -0.197. The Labute approximate surface area is 153 Å². The van der Waals surface area contributed by atoms with E-state index in [0.717, 1.165) is 26.2 Å². The van der Waals surface area contributed by atoms with Gasteiger partial charge in [-0.25, -0.2) is 0 Å². The molecule has 1 unspecified atom stereocenters. The van der Waals surface area contributed by atoms with Crippen LogP contribution >= 0.6 is 28.4 Å². The van der Waals surface area contributed by atoms with Gasteiger partial charge in [0.15, 0.2) is 5.78 Å². The van der Waals surface area contributed by atoms with Crippen molar-refractivity contribution in [1.29, 1.82) is 0 Å². The van der Waals surface area contributed by atoms with Crippen molar-refractivity contribution in [2.24, 2.45) is 0 Å². The van der Waals surface area contributed by atoms with E-state index in [1.165, 1.54) is 0 Å². The van der Waals surface area contributed by atoms with Crippen molar-refractivity contribution >= 4 is 34.2 Å². The maximum absolute atomic E-state index is 10.1. The minimum absolute atomic E-state index is 0. The van der Waals surface area contributed by atoms with Crippen molar-refractivity contribution in [3.63, 3.8) is 0 Å². The maximum atomic E-state index is 10.1. The van der Waals surface area contributed by atoms with Crippen molar-refractivity contribution in [2.45, 2.75) is 18.4 Å². The van der Waals surface area contributed by atoms with Crippen LogP contribution in [0.3, 0.4) is 0 Å². The second-order valence-electron chi connectivity index (χ2n) is 5.30. The van der Waals surface area contributed by atoms with Gasteiger partial charge in [-0.3, -0.25) is 4.79 Å². The molecular weight excluding hydrogens is 390 g/mol. The molecule has 4 nitrogen and oxygen atoms in total. The summed E-state index contributed by atoms with van der Waals surface area (Å²) in [4.78, 5) is 10.1. The normalized spacial score (nSPS) is 28.7. The number of hydrogen-bond donors (Lipinski definition) is 0. The van der Waals surface area contributed by atoms with Crippen molar-refractivity contribution in [1.82, 2.24) is 0 Å². The number of hydrogen-bond acceptors (Lipinski definition) is 4. The van der Waals surface area contributed by atoms with Crippen molar-refractivity contribution in [3.05, 3.63) is 0 Å². The van der Waals surface area contributed by atoms with Gasteiger partial charge in [0, 0.05) is 19.4 Å². The van der Waals surface area contributed by atoms with Crippen LogP contribution in [-0.2, 0) is 19.0 Å². The van der Waals surface area contributed by atoms with Gasteiger partial charge in [0.2, 0.25) is 0 Å². The van der Waals surface area contributed by atoms with Crippen molar-refractivity contribution < 1.29 is 50.0 Å². The first-order valence-corrected chi connectivity index (χ1v) is 11.4. The number of carbonyl (C=O) groups is 1. The molecule has 110 valence electrons. The summed E-state index contributed by atoms with van der Waals surface area (Å²) in [5.74, 6) is 0.231. The Bertz CT molecular complexity index is 263. The standard InChI is InChI=1S/C5H8O2.C4H6O2.C3H9IS.Na.H/c1-2-6-3-5(1)4-7-5;5-4-1-2-6-3-4;1-5(2,3)4;;/h1-4H2;1-3H2;1-3H3;;/q;;;+1;-1. The van der Waals surface area contributed by atoms with Gasteiger partial charge in [-0.05, 0) is 40.0 Å². The average Bonchev–Trinajstić information content (AvgIpc) is 2.60. The van der Waals surface area contributed by atoms with Gasteiger partial charge in [-0.2, -0.15) is 7.20 Å². The average molecular weight is 414 g/mol. The largest absolute Gasteiger partial charge is 1.00 e. The van der Waals surface area contributed by atoms with Crippen molar-refractivity contribution in [3.8, 4) is 0 Å². The number of ketones is 1. The Balaban J connectivity index is 0. The first kappa shape index (κ1) is 20.6. The zero-order valence-corrected chi connectivity index (χ0v) is 17.3. The summed E-state index contributed by atoms with van der Waals surface area (Å²) < 4.78 is 14.9. The van der Waals surface area contributed by atoms with Gasteiger partial charge < -0.3 is 15.6 Å². The summed E-state index contributed by atoms with van der Waals surface area (Å²) in [6.45, 7) is 3.67. The van der Waals surface area contributed by atoms with Gasteiger partial charge in [-0.1, -0.05) is 0 Å². The van der Waals surface area contributed by atoms with Crippen LogP contribution in [0.15, 0.2) is 0 Å². The molecule has 0 aliphatic carbocycles. The van der Waals surface area contributed by atoms with Crippen LogP contribution < -0.4 is 29.6 Å². The van der Waals surface area contributed by atoms with Gasteiger partial charge in [0.25, 0.3) is 0 Å². The zero-order chi connectivity index (χ0) is 13.6. The Morgan fingerprint density at radius 3 is 1.95 bits per heavy atom. The fourth-order valence-corrected chi connectivity index (χ4v) is 1.36. The van der Waals surface area contributed by atoms with Gasteiger partial charge in [0.1, 0.15) is 12.2 Å². The molecule has 0 N–H and O–H groups in total. The summed E-state index contributed by atoms with van der Waals surface area (Å²) in [6, 6.07) is 0. The Kier molecular flexibility index (Phi) is 10.4. The second kappa shape index (κ2) is 9.61. The number of halogens is 1. The van der Waals surface area contributed by atoms with E-state index >= 15 is 0 Å². The number of epoxide rings is 1. The fraction of sp³-hybridized carbons (Fsp3) is 0.917. The predicted molar refractivity (Wildman–Crippen MR) is 85.1 cm³/mol. The van der Waals surface area contributed by atoms with E-state index in [1.807, 2.05) is 0 Å². The van der Waals surface area contributed by atoms with Crippen LogP contribution in [0.1, 0.15) is 14.3 Å². The van der Waals surface area contributed by atoms with E-state index in [-0.39, 0.29) is 49.6 Å². The van der Waals surface area contributed by atoms with Crippen LogP contribution in [0.5, 0.6) is 0 Å². The summed E-state index contributed by atoms with van der Waals surface area (Å²) in [5, 5.41) is 0. The molecule has 7 heteroatoms. The first-order valence-electron chi connectivity index (χ1n) is 6.00. The molecule has 0 radical (unpaired) electrons. The van der Waals surface area contributed by atoms with Crippen LogP contribution in [0.4, 0.5) is 0 Å². The van der Waals surface area contributed by atoms with Crippen molar-refractivity contribution in [2.75, 3.05) is 51.8 Å². The monoisotopic (exact) mass is 414 g/mol. The molecule has 1 atom stereocenters. The third-order valence-electron chi connectivity index (χ3n) is 2.41. The summed E-state index contributed by atoms with van der Waals surface area (Å²) in [5.41, 5.74) is 0.222. The summed E-state index contributed by atoms with van der Waals surface area (Å²) >= 11 is 2.46. The first-order chi connectivity index (χ1) is 8.31. The molecule has 3 aliphatic rings. The van der Waals surface area contributed by atoms with Crippen LogP contribution in [0.2, 0.25) is 0 Å². The second-order valence-corrected chi connectivity index (χ2v) is 16.6. The predicted octanol–water partition coefficient (Wildman–Crippen LogP) is -0.702. The zero-order valence-electron chi connectivity index (χ0n) is 13.4. The minimum Gasteiger partial charge on any atom is -1.00 e. The van der Waals surface area contributed by atoms with Gasteiger partial charge in [0.05, 0.1) is 19.8 Å². The molecule has 0 aromatic heterocycles. The molecule has 0 saturated carbocycles. The topological polar surface area (TPSA) is 48.1 Å². The molecular formula is C12H24INaO4S.